The van der Waals surface area contributed by atoms with Crippen LogP contribution < -0.4 is 14.8 Å². The van der Waals surface area contributed by atoms with Gasteiger partial charge in [-0.05, 0) is 23.8 Å². The lowest BCUT2D eigenvalue weighted by atomic mass is 10.1. The number of hydrogen-bond donors (Lipinski definition) is 1. The van der Waals surface area contributed by atoms with E-state index in [0.717, 1.165) is 5.56 Å². The Morgan fingerprint density at radius 1 is 1.20 bits per heavy atom. The number of ether oxygens (including phenoxy) is 2. The number of carbonyl (C=O) groups excluding carboxylic acids is 1. The van der Waals surface area contributed by atoms with E-state index in [1.54, 1.807) is 18.2 Å². The molecular weight excluding hydrogens is 256 g/mol. The van der Waals surface area contributed by atoms with Crippen molar-refractivity contribution < 1.29 is 14.3 Å². The second kappa shape index (κ2) is 6.14. The first-order valence-electron chi connectivity index (χ1n) is 6.25. The van der Waals surface area contributed by atoms with Gasteiger partial charge in [0.1, 0.15) is 17.1 Å². The molecule has 0 aliphatic rings. The summed E-state index contributed by atoms with van der Waals surface area (Å²) in [6, 6.07) is 7.21. The van der Waals surface area contributed by atoms with Gasteiger partial charge in [0.2, 0.25) is 0 Å². The predicted molar refractivity (Wildman–Crippen MR) is 76.1 cm³/mol. The van der Waals surface area contributed by atoms with E-state index in [1.165, 1.54) is 14.2 Å². The Morgan fingerprint density at radius 2 is 1.85 bits per heavy atom. The topological polar surface area (TPSA) is 52.5 Å². The molecule has 0 saturated heterocycles. The summed E-state index contributed by atoms with van der Waals surface area (Å²) in [4.78, 5) is 12.3. The molecule has 2 aromatic rings. The maximum absolute atomic E-state index is 12.3. The Labute approximate surface area is 118 Å². The molecular formula is C15H18N2O3. The monoisotopic (exact) mass is 274 g/mol. The van der Waals surface area contributed by atoms with Crippen molar-refractivity contribution in [2.24, 2.45) is 7.05 Å². The molecule has 1 aromatic heterocycles. The summed E-state index contributed by atoms with van der Waals surface area (Å²) in [5, 5.41) is 2.87. The molecule has 5 heteroatoms. The number of nitrogens with zero attached hydrogens (tertiary/aromatic N) is 1. The first kappa shape index (κ1) is 14.0. The van der Waals surface area contributed by atoms with Crippen molar-refractivity contribution in [3.05, 3.63) is 47.8 Å². The van der Waals surface area contributed by atoms with Gasteiger partial charge in [0.25, 0.3) is 5.91 Å². The fourth-order valence-corrected chi connectivity index (χ4v) is 2.01. The van der Waals surface area contributed by atoms with E-state index < -0.39 is 0 Å². The van der Waals surface area contributed by atoms with Crippen LogP contribution in [-0.2, 0) is 13.6 Å². The van der Waals surface area contributed by atoms with Crippen molar-refractivity contribution >= 4 is 5.91 Å². The van der Waals surface area contributed by atoms with Gasteiger partial charge in [-0.15, -0.1) is 0 Å². The molecule has 5 nitrogen and oxygen atoms in total. The molecule has 0 radical (unpaired) electrons. The van der Waals surface area contributed by atoms with Gasteiger partial charge in [-0.1, -0.05) is 6.07 Å². The van der Waals surface area contributed by atoms with Crippen LogP contribution in [0.2, 0.25) is 0 Å². The molecule has 0 atom stereocenters. The van der Waals surface area contributed by atoms with E-state index in [1.807, 2.05) is 30.1 Å². The highest BCUT2D eigenvalue weighted by molar-refractivity contribution is 5.99. The van der Waals surface area contributed by atoms with Crippen molar-refractivity contribution in [2.45, 2.75) is 6.54 Å². The number of nitrogens with one attached hydrogen (secondary N) is 1. The minimum absolute atomic E-state index is 0.219. The van der Waals surface area contributed by atoms with E-state index in [2.05, 4.69) is 5.32 Å². The first-order chi connectivity index (χ1) is 9.65. The molecule has 1 amide bonds. The molecule has 2 rings (SSSR count). The van der Waals surface area contributed by atoms with Gasteiger partial charge < -0.3 is 19.4 Å². The van der Waals surface area contributed by atoms with Gasteiger partial charge in [-0.3, -0.25) is 4.79 Å². The second-order valence-corrected chi connectivity index (χ2v) is 4.41. The molecule has 0 bridgehead atoms. The Bertz CT molecular complexity index is 583. The van der Waals surface area contributed by atoms with Crippen LogP contribution in [0.4, 0.5) is 0 Å². The minimum Gasteiger partial charge on any atom is -0.496 e. The Kier molecular flexibility index (Phi) is 4.30. The molecule has 0 fully saturated rings. The average Bonchev–Trinajstić information content (AvgIpc) is 2.89. The summed E-state index contributed by atoms with van der Waals surface area (Å²) in [6.45, 7) is 0.459. The zero-order valence-corrected chi connectivity index (χ0v) is 11.8. The van der Waals surface area contributed by atoms with Crippen LogP contribution in [0.1, 0.15) is 15.9 Å². The Morgan fingerprint density at radius 3 is 2.35 bits per heavy atom. The molecule has 0 saturated carbocycles. The van der Waals surface area contributed by atoms with Gasteiger partial charge >= 0.3 is 0 Å². The van der Waals surface area contributed by atoms with E-state index >= 15 is 0 Å². The molecule has 0 aliphatic carbocycles. The zero-order valence-electron chi connectivity index (χ0n) is 11.8. The molecule has 0 aliphatic heterocycles. The van der Waals surface area contributed by atoms with Crippen molar-refractivity contribution in [1.82, 2.24) is 9.88 Å². The molecule has 106 valence electrons. The summed E-state index contributed by atoms with van der Waals surface area (Å²) >= 11 is 0. The van der Waals surface area contributed by atoms with Crippen LogP contribution in [0.25, 0.3) is 0 Å². The summed E-state index contributed by atoms with van der Waals surface area (Å²) in [7, 11) is 5.00. The highest BCUT2D eigenvalue weighted by Crippen LogP contribution is 2.27. The number of rotatable bonds is 5. The number of benzene rings is 1. The smallest absolute Gasteiger partial charge is 0.259 e. The molecule has 1 heterocycles. The highest BCUT2D eigenvalue weighted by Gasteiger charge is 2.17. The number of aryl methyl sites for hydroxylation is 1. The maximum Gasteiger partial charge on any atom is 0.259 e. The van der Waals surface area contributed by atoms with Crippen LogP contribution in [0.15, 0.2) is 36.7 Å². The Hall–Kier alpha value is -2.43. The Balaban J connectivity index is 2.16. The number of amides is 1. The molecule has 1 aromatic carbocycles. The SMILES string of the molecule is COc1cccc(OC)c1C(=O)NCc1ccn(C)c1. The van der Waals surface area contributed by atoms with E-state index in [4.69, 9.17) is 9.47 Å². The van der Waals surface area contributed by atoms with Gasteiger partial charge in [0.05, 0.1) is 14.2 Å². The summed E-state index contributed by atoms with van der Waals surface area (Å²) in [6.07, 6.45) is 3.89. The van der Waals surface area contributed by atoms with Gasteiger partial charge in [-0.25, -0.2) is 0 Å². The van der Waals surface area contributed by atoms with Crippen molar-refractivity contribution in [2.75, 3.05) is 14.2 Å². The van der Waals surface area contributed by atoms with Crippen LogP contribution in [0, 0.1) is 0 Å². The van der Waals surface area contributed by atoms with Crippen molar-refractivity contribution in [1.29, 1.82) is 0 Å². The van der Waals surface area contributed by atoms with E-state index in [0.29, 0.717) is 23.6 Å². The van der Waals surface area contributed by atoms with Gasteiger partial charge in [0, 0.05) is 26.0 Å². The van der Waals surface area contributed by atoms with Crippen molar-refractivity contribution in [3.8, 4) is 11.5 Å². The number of methoxy groups -OCH3 is 2. The van der Waals surface area contributed by atoms with Gasteiger partial charge in [-0.2, -0.15) is 0 Å². The average molecular weight is 274 g/mol. The maximum atomic E-state index is 12.3. The zero-order chi connectivity index (χ0) is 14.5. The second-order valence-electron chi connectivity index (χ2n) is 4.41. The third kappa shape index (κ3) is 2.93. The number of hydrogen-bond acceptors (Lipinski definition) is 3. The fraction of sp³-hybridized carbons (Fsp3) is 0.267. The quantitative estimate of drug-likeness (QED) is 0.907. The highest BCUT2D eigenvalue weighted by atomic mass is 16.5. The molecule has 0 spiro atoms. The molecule has 0 unspecified atom stereocenters. The normalized spacial score (nSPS) is 10.2. The minimum atomic E-state index is -0.219. The summed E-state index contributed by atoms with van der Waals surface area (Å²) in [5.74, 6) is 0.771. The third-order valence-electron chi connectivity index (χ3n) is 3.00. The number of aromatic nitrogens is 1. The predicted octanol–water partition coefficient (Wildman–Crippen LogP) is 1.97. The van der Waals surface area contributed by atoms with Crippen LogP contribution in [0.5, 0.6) is 11.5 Å². The lowest BCUT2D eigenvalue weighted by Gasteiger charge is -2.12. The molecule has 20 heavy (non-hydrogen) atoms. The van der Waals surface area contributed by atoms with Crippen LogP contribution in [0.3, 0.4) is 0 Å². The van der Waals surface area contributed by atoms with Crippen molar-refractivity contribution in [3.63, 3.8) is 0 Å². The standard InChI is InChI=1S/C15H18N2O3/c1-17-8-7-11(10-17)9-16-15(18)14-12(19-2)5-4-6-13(14)20-3/h4-8,10H,9H2,1-3H3,(H,16,18). The van der Waals surface area contributed by atoms with Crippen LogP contribution >= 0.6 is 0 Å². The lowest BCUT2D eigenvalue weighted by molar-refractivity contribution is 0.0944. The van der Waals surface area contributed by atoms with E-state index in [9.17, 15) is 4.79 Å². The fourth-order valence-electron chi connectivity index (χ4n) is 2.01. The third-order valence-corrected chi connectivity index (χ3v) is 3.00. The van der Waals surface area contributed by atoms with E-state index in [-0.39, 0.29) is 5.91 Å². The number of carbonyl (C=O) groups is 1. The van der Waals surface area contributed by atoms with Gasteiger partial charge in [0.15, 0.2) is 0 Å². The molecule has 1 N–H and O–H groups in total. The van der Waals surface area contributed by atoms with Crippen LogP contribution in [-0.4, -0.2) is 24.7 Å². The first-order valence-corrected chi connectivity index (χ1v) is 6.25. The summed E-state index contributed by atoms with van der Waals surface area (Å²) in [5.41, 5.74) is 1.45. The summed E-state index contributed by atoms with van der Waals surface area (Å²) < 4.78 is 12.4. The lowest BCUT2D eigenvalue weighted by Crippen LogP contribution is -2.23. The largest absolute Gasteiger partial charge is 0.496 e.